The molecule has 2 N–H and O–H groups in total. The van der Waals surface area contributed by atoms with Gasteiger partial charge in [-0.3, -0.25) is 4.90 Å². The summed E-state index contributed by atoms with van der Waals surface area (Å²) in [6.07, 6.45) is 1.23. The molecule has 0 aliphatic rings. The number of hydrogen-bond acceptors (Lipinski definition) is 5. The SMILES string of the molecule is C=CCNCc1ccc(OC)c(OCC(O)CN(C)Cc2ccccc2)c1. The Kier molecular flexibility index (Phi) is 8.84. The van der Waals surface area contributed by atoms with E-state index in [1.165, 1.54) is 5.56 Å². The fourth-order valence-electron chi connectivity index (χ4n) is 2.82. The molecule has 1 unspecified atom stereocenters. The minimum absolute atomic E-state index is 0.207. The summed E-state index contributed by atoms with van der Waals surface area (Å²) < 4.78 is 11.2. The van der Waals surface area contributed by atoms with Crippen LogP contribution < -0.4 is 14.8 Å². The lowest BCUT2D eigenvalue weighted by atomic mass is 10.2. The number of hydrogen-bond donors (Lipinski definition) is 2. The van der Waals surface area contributed by atoms with Gasteiger partial charge in [-0.25, -0.2) is 0 Å². The summed E-state index contributed by atoms with van der Waals surface area (Å²) in [5, 5.41) is 13.6. The average molecular weight is 370 g/mol. The molecule has 0 saturated heterocycles. The Morgan fingerprint density at radius 1 is 1.15 bits per heavy atom. The predicted octanol–water partition coefficient (Wildman–Crippen LogP) is 2.84. The molecule has 27 heavy (non-hydrogen) atoms. The molecule has 0 saturated carbocycles. The van der Waals surface area contributed by atoms with Gasteiger partial charge >= 0.3 is 0 Å². The Morgan fingerprint density at radius 2 is 1.93 bits per heavy atom. The molecule has 2 rings (SSSR count). The minimum Gasteiger partial charge on any atom is -0.493 e. The van der Waals surface area contributed by atoms with Crippen LogP contribution >= 0.6 is 0 Å². The van der Waals surface area contributed by atoms with Crippen LogP contribution in [0.4, 0.5) is 0 Å². The van der Waals surface area contributed by atoms with Crippen LogP contribution in [0.5, 0.6) is 11.5 Å². The predicted molar refractivity (Wildman–Crippen MR) is 109 cm³/mol. The number of aliphatic hydroxyl groups excluding tert-OH is 1. The Morgan fingerprint density at radius 3 is 2.63 bits per heavy atom. The zero-order valence-electron chi connectivity index (χ0n) is 16.2. The van der Waals surface area contributed by atoms with Gasteiger partial charge in [0.2, 0.25) is 0 Å². The van der Waals surface area contributed by atoms with Crippen LogP contribution in [0.1, 0.15) is 11.1 Å². The van der Waals surface area contributed by atoms with Crippen LogP contribution in [0.15, 0.2) is 61.2 Å². The van der Waals surface area contributed by atoms with E-state index in [4.69, 9.17) is 9.47 Å². The zero-order valence-corrected chi connectivity index (χ0v) is 16.2. The first-order chi connectivity index (χ1) is 13.1. The molecule has 0 aromatic heterocycles. The van der Waals surface area contributed by atoms with Gasteiger partial charge in [-0.15, -0.1) is 6.58 Å². The highest BCUT2D eigenvalue weighted by Crippen LogP contribution is 2.28. The van der Waals surface area contributed by atoms with Gasteiger partial charge in [0.25, 0.3) is 0 Å². The fraction of sp³-hybridized carbons (Fsp3) is 0.364. The molecule has 2 aromatic carbocycles. The standard InChI is InChI=1S/C22H30N2O3/c1-4-12-23-14-19-10-11-21(26-3)22(13-19)27-17-20(25)16-24(2)15-18-8-6-5-7-9-18/h4-11,13,20,23,25H,1,12,14-17H2,2-3H3. The van der Waals surface area contributed by atoms with E-state index in [-0.39, 0.29) is 6.61 Å². The summed E-state index contributed by atoms with van der Waals surface area (Å²) >= 11 is 0. The maximum atomic E-state index is 10.3. The molecule has 0 fully saturated rings. The van der Waals surface area contributed by atoms with Crippen molar-refractivity contribution in [2.24, 2.45) is 0 Å². The second-order valence-corrected chi connectivity index (χ2v) is 6.55. The number of likely N-dealkylation sites (N-methyl/N-ethyl adjacent to an activating group) is 1. The van der Waals surface area contributed by atoms with Crippen molar-refractivity contribution >= 4 is 0 Å². The maximum Gasteiger partial charge on any atom is 0.161 e. The van der Waals surface area contributed by atoms with Crippen molar-refractivity contribution in [3.05, 3.63) is 72.3 Å². The highest BCUT2D eigenvalue weighted by molar-refractivity contribution is 5.43. The Hall–Kier alpha value is -2.34. The molecule has 0 heterocycles. The van der Waals surface area contributed by atoms with Crippen LogP contribution in [0.3, 0.4) is 0 Å². The maximum absolute atomic E-state index is 10.3. The Balaban J connectivity index is 1.86. The lowest BCUT2D eigenvalue weighted by Gasteiger charge is -2.21. The van der Waals surface area contributed by atoms with Crippen LogP contribution in [0, 0.1) is 0 Å². The van der Waals surface area contributed by atoms with Crippen molar-refractivity contribution in [3.8, 4) is 11.5 Å². The normalized spacial score (nSPS) is 12.0. The van der Waals surface area contributed by atoms with Gasteiger partial charge in [0.15, 0.2) is 11.5 Å². The number of nitrogens with zero attached hydrogens (tertiary/aromatic N) is 1. The molecule has 5 heteroatoms. The summed E-state index contributed by atoms with van der Waals surface area (Å²) in [6.45, 7) is 6.67. The number of nitrogens with one attached hydrogen (secondary N) is 1. The van der Waals surface area contributed by atoms with E-state index in [2.05, 4.69) is 28.9 Å². The molecule has 1 atom stereocenters. The van der Waals surface area contributed by atoms with E-state index >= 15 is 0 Å². The molecule has 0 aliphatic carbocycles. The van der Waals surface area contributed by atoms with Gasteiger partial charge in [0.05, 0.1) is 7.11 Å². The number of rotatable bonds is 12. The van der Waals surface area contributed by atoms with Crippen molar-refractivity contribution in [1.29, 1.82) is 0 Å². The van der Waals surface area contributed by atoms with Gasteiger partial charge in [-0.2, -0.15) is 0 Å². The van der Waals surface area contributed by atoms with E-state index in [9.17, 15) is 5.11 Å². The fourth-order valence-corrected chi connectivity index (χ4v) is 2.82. The lowest BCUT2D eigenvalue weighted by molar-refractivity contribution is 0.0732. The number of ether oxygens (including phenoxy) is 2. The highest BCUT2D eigenvalue weighted by Gasteiger charge is 2.12. The van der Waals surface area contributed by atoms with Crippen molar-refractivity contribution in [2.75, 3.05) is 33.9 Å². The third kappa shape index (κ3) is 7.43. The third-order valence-corrected chi connectivity index (χ3v) is 4.09. The quantitative estimate of drug-likeness (QED) is 0.444. The van der Waals surface area contributed by atoms with E-state index in [0.29, 0.717) is 18.0 Å². The first-order valence-electron chi connectivity index (χ1n) is 9.14. The van der Waals surface area contributed by atoms with Crippen LogP contribution in [0.2, 0.25) is 0 Å². The van der Waals surface area contributed by atoms with E-state index in [1.54, 1.807) is 7.11 Å². The van der Waals surface area contributed by atoms with Crippen LogP contribution in [0.25, 0.3) is 0 Å². The smallest absolute Gasteiger partial charge is 0.161 e. The molecule has 0 radical (unpaired) electrons. The Labute approximate surface area is 162 Å². The van der Waals surface area contributed by atoms with E-state index in [0.717, 1.165) is 25.2 Å². The molecular formula is C22H30N2O3. The van der Waals surface area contributed by atoms with Crippen LogP contribution in [-0.4, -0.2) is 50.0 Å². The summed E-state index contributed by atoms with van der Waals surface area (Å²) in [5.74, 6) is 1.30. The lowest BCUT2D eigenvalue weighted by Crippen LogP contribution is -2.32. The van der Waals surface area contributed by atoms with Crippen molar-refractivity contribution in [3.63, 3.8) is 0 Å². The molecular weight excluding hydrogens is 340 g/mol. The molecule has 146 valence electrons. The Bertz CT molecular complexity index is 691. The largest absolute Gasteiger partial charge is 0.493 e. The van der Waals surface area contributed by atoms with Crippen molar-refractivity contribution < 1.29 is 14.6 Å². The van der Waals surface area contributed by atoms with Crippen LogP contribution in [-0.2, 0) is 13.1 Å². The number of methoxy groups -OCH3 is 1. The molecule has 0 bridgehead atoms. The van der Waals surface area contributed by atoms with Gasteiger partial charge in [-0.05, 0) is 30.3 Å². The first kappa shape index (κ1) is 21.0. The third-order valence-electron chi connectivity index (χ3n) is 4.09. The minimum atomic E-state index is -0.592. The van der Waals surface area contributed by atoms with E-state index < -0.39 is 6.10 Å². The summed E-state index contributed by atoms with van der Waals surface area (Å²) in [6, 6.07) is 16.0. The average Bonchev–Trinajstić information content (AvgIpc) is 2.67. The molecule has 0 aliphatic heterocycles. The van der Waals surface area contributed by atoms with Crippen molar-refractivity contribution in [1.82, 2.24) is 10.2 Å². The highest BCUT2D eigenvalue weighted by atomic mass is 16.5. The van der Waals surface area contributed by atoms with E-state index in [1.807, 2.05) is 49.5 Å². The summed E-state index contributed by atoms with van der Waals surface area (Å²) in [4.78, 5) is 2.08. The topological polar surface area (TPSA) is 54.0 Å². The summed E-state index contributed by atoms with van der Waals surface area (Å²) in [7, 11) is 3.60. The van der Waals surface area contributed by atoms with Crippen molar-refractivity contribution in [2.45, 2.75) is 19.2 Å². The van der Waals surface area contributed by atoms with Gasteiger partial charge in [-0.1, -0.05) is 42.5 Å². The second-order valence-electron chi connectivity index (χ2n) is 6.55. The van der Waals surface area contributed by atoms with Gasteiger partial charge in [0.1, 0.15) is 12.7 Å². The molecule has 5 nitrogen and oxygen atoms in total. The number of benzene rings is 2. The molecule has 2 aromatic rings. The molecule has 0 amide bonds. The number of aliphatic hydroxyl groups is 1. The van der Waals surface area contributed by atoms with Gasteiger partial charge < -0.3 is 19.9 Å². The second kappa shape index (κ2) is 11.4. The molecule has 0 spiro atoms. The first-order valence-corrected chi connectivity index (χ1v) is 9.14. The monoisotopic (exact) mass is 370 g/mol. The zero-order chi connectivity index (χ0) is 19.5. The summed E-state index contributed by atoms with van der Waals surface area (Å²) in [5.41, 5.74) is 2.30. The van der Waals surface area contributed by atoms with Gasteiger partial charge in [0, 0.05) is 26.2 Å².